The van der Waals surface area contributed by atoms with Crippen molar-refractivity contribution in [2.75, 3.05) is 5.32 Å². The molecule has 0 spiro atoms. The first-order valence-electron chi connectivity index (χ1n) is 20.6. The Hall–Kier alpha value is -5.83. The summed E-state index contributed by atoms with van der Waals surface area (Å²) in [7, 11) is -9.69. The number of primary sulfonamides is 1. The second-order valence-corrected chi connectivity index (χ2v) is 18.3. The van der Waals surface area contributed by atoms with Crippen LogP contribution in [-0.2, 0) is 24.9 Å². The van der Waals surface area contributed by atoms with Gasteiger partial charge in [-0.25, -0.2) is 27.9 Å². The van der Waals surface area contributed by atoms with Gasteiger partial charge in [0, 0.05) is 11.1 Å². The van der Waals surface area contributed by atoms with Crippen molar-refractivity contribution in [3.8, 4) is 28.4 Å². The summed E-state index contributed by atoms with van der Waals surface area (Å²) in [5.74, 6) is -9.74. The number of carbonyl (C=O) groups is 4. The van der Waals surface area contributed by atoms with Crippen LogP contribution >= 0.6 is 0 Å². The second-order valence-electron chi connectivity index (χ2n) is 15.4. The fourth-order valence-corrected chi connectivity index (χ4v) is 8.02. The molecule has 0 aromatic heterocycles. The maximum atomic E-state index is 14.2. The predicted octanol–water partition coefficient (Wildman–Crippen LogP) is -5.56. The summed E-state index contributed by atoms with van der Waals surface area (Å²) in [6, 6.07) is 22.0. The molecule has 78 heavy (non-hydrogen) atoms. The number of fused-ring (bicyclic) bond motifs is 1. The molecule has 1 atom stereocenters. The molecule has 0 aliphatic carbocycles. The van der Waals surface area contributed by atoms with Crippen LogP contribution in [0, 0.1) is 0 Å². The summed E-state index contributed by atoms with van der Waals surface area (Å²) >= 11 is 0. The monoisotopic (exact) mass is 1130 g/mol. The van der Waals surface area contributed by atoms with Gasteiger partial charge in [-0.2, -0.15) is 23.8 Å². The van der Waals surface area contributed by atoms with E-state index in [1.165, 1.54) is 24.3 Å². The number of sulfonamides is 1. The first-order chi connectivity index (χ1) is 34.9. The number of para-hydroxylation sites is 1. The van der Waals surface area contributed by atoms with E-state index in [-0.39, 0.29) is 163 Å². The number of nitrogens with two attached hydrogens (primary N) is 1. The van der Waals surface area contributed by atoms with Crippen LogP contribution in [-0.4, -0.2) is 72.3 Å². The minimum atomic E-state index is -5.38. The quantitative estimate of drug-likeness (QED) is 0.0163. The van der Waals surface area contributed by atoms with Gasteiger partial charge in [-0.05, 0) is 102 Å². The summed E-state index contributed by atoms with van der Waals surface area (Å²) in [6.07, 6.45) is 0. The van der Waals surface area contributed by atoms with Gasteiger partial charge in [-0.15, -0.1) is 15.3 Å². The molecule has 7 N–H and O–H groups in total. The van der Waals surface area contributed by atoms with Crippen LogP contribution in [0.2, 0.25) is 0 Å². The number of aromatic carboxylic acids is 3. The van der Waals surface area contributed by atoms with Crippen molar-refractivity contribution in [3.05, 3.63) is 138 Å². The number of carboxylic acid groups (broad SMARTS) is 3. The third kappa shape index (κ3) is 15.7. The van der Waals surface area contributed by atoms with Crippen molar-refractivity contribution in [2.24, 2.45) is 40.8 Å². The van der Waals surface area contributed by atoms with Crippen molar-refractivity contribution in [3.63, 3.8) is 0 Å². The zero-order chi connectivity index (χ0) is 53.8. The van der Waals surface area contributed by atoms with Crippen LogP contribution in [0.15, 0.2) is 167 Å². The van der Waals surface area contributed by atoms with Crippen molar-refractivity contribution in [1.29, 1.82) is 0 Å². The zero-order valence-corrected chi connectivity index (χ0v) is 51.0. The minimum Gasteiger partial charge on any atom is -0.872 e. The van der Waals surface area contributed by atoms with E-state index in [4.69, 9.17) is 5.14 Å². The summed E-state index contributed by atoms with van der Waals surface area (Å²) in [5.41, 5.74) is -4.11. The number of azo groups is 3. The van der Waals surface area contributed by atoms with Crippen LogP contribution < -0.4 is 149 Å². The van der Waals surface area contributed by atoms with Gasteiger partial charge in [0.1, 0.15) is 16.3 Å². The molecule has 1 unspecified atom stereocenters. The Bertz CT molecular complexity index is 3870. The molecule has 376 valence electrons. The number of benzene rings is 7. The smallest absolute Gasteiger partial charge is 0.872 e. The number of hydrogen-bond donors (Lipinski definition) is 6. The Kier molecular flexibility index (Phi) is 23.7. The fraction of sp³-hybridized carbons (Fsp3) is 0.0426. The van der Waals surface area contributed by atoms with Crippen molar-refractivity contribution < 1.29 is 195 Å². The number of nitrogens with one attached hydrogen (secondary N) is 1. The number of rotatable bonds is 17. The zero-order valence-electron chi connectivity index (χ0n) is 41.3. The number of Topliss-reactive ketones (excluding diaryl/α,β-unsaturated/α-hetero) is 1. The molecule has 0 aliphatic heterocycles. The van der Waals surface area contributed by atoms with E-state index in [0.717, 1.165) is 73.7 Å². The Morgan fingerprint density at radius 3 is 1.69 bits per heavy atom. The van der Waals surface area contributed by atoms with E-state index in [9.17, 15) is 76.3 Å². The molecule has 7 rings (SSSR count). The maximum absolute atomic E-state index is 14.2. The summed E-state index contributed by atoms with van der Waals surface area (Å²) < 4.78 is 60.3. The van der Waals surface area contributed by atoms with Crippen molar-refractivity contribution in [1.82, 2.24) is 0 Å². The van der Waals surface area contributed by atoms with E-state index in [0.29, 0.717) is 5.69 Å². The number of aliphatic imine (C=N–C) groups is 1. The number of anilines is 2. The minimum absolute atomic E-state index is 0. The Morgan fingerprint density at radius 2 is 1.14 bits per heavy atom. The van der Waals surface area contributed by atoms with Crippen LogP contribution in [0.5, 0.6) is 17.2 Å². The van der Waals surface area contributed by atoms with Crippen LogP contribution in [0.4, 0.5) is 45.5 Å². The molecule has 25 nitrogen and oxygen atoms in total. The Balaban J connectivity index is 0.00000400. The molecule has 0 saturated carbocycles. The molecule has 0 saturated heterocycles. The third-order valence-electron chi connectivity index (χ3n) is 10.4. The summed E-state index contributed by atoms with van der Waals surface area (Å²) in [4.78, 5) is 50.8. The molecular formula is C47H31N9Na4O16S2. The van der Waals surface area contributed by atoms with Gasteiger partial charge in [0.2, 0.25) is 10.0 Å². The van der Waals surface area contributed by atoms with Crippen molar-refractivity contribution >= 4 is 106 Å². The second kappa shape index (κ2) is 27.9. The van der Waals surface area contributed by atoms with Crippen molar-refractivity contribution in [2.45, 2.75) is 22.8 Å². The summed E-state index contributed by atoms with van der Waals surface area (Å²) in [6.45, 7) is 0.962. The Labute approximate surface area is 529 Å². The number of carbonyl (C=O) groups excluding carboxylic acids is 1. The predicted molar refractivity (Wildman–Crippen MR) is 253 cm³/mol. The molecule has 0 aliphatic rings. The first-order valence-corrected chi connectivity index (χ1v) is 23.6. The Morgan fingerprint density at radius 1 is 0.590 bits per heavy atom. The standard InChI is InChI=1S/C47H35N9O16S2.4Na/c1-22(57)40(44(61)50-26-9-15-37(58)32(19-26)47(66)67)54-51-33-12-7-23(17-30(33)45(62)63)24-8-13-34(31(18-24)46(64)65)52-56-42-39(74(70,71)72)21-29-28(43(42)60)11-14-35(49-25-5-3-2-4-6-25)41(29)55-53-36-20-27(73(48,68)69)10-16-38(36)59;;;;/h2-21,40,49,58-60H,1H3,(H,50,61)(H,62,63)(H,64,65)(H,66,67)(H2,48,68,69)(H,70,71,72);;;;/q;4*+1/p-4. The molecule has 7 aromatic carbocycles. The van der Waals surface area contributed by atoms with Gasteiger partial charge in [-0.1, -0.05) is 65.8 Å². The number of hydrogen-bond acceptors (Lipinski definition) is 20. The first kappa shape index (κ1) is 66.4. The molecule has 0 amide bonds. The van der Waals surface area contributed by atoms with E-state index in [2.05, 4.69) is 41.0 Å². The molecule has 31 heteroatoms. The maximum Gasteiger partial charge on any atom is 1.00 e. The van der Waals surface area contributed by atoms with Gasteiger partial charge < -0.3 is 41.1 Å². The van der Waals surface area contributed by atoms with Gasteiger partial charge in [0.15, 0.2) is 11.8 Å². The normalized spacial score (nSPS) is 12.0. The average molecular weight is 1130 g/mol. The average Bonchev–Trinajstić information content (AvgIpc) is 3.33. The molecule has 0 heterocycles. The summed E-state index contributed by atoms with van der Waals surface area (Å²) in [5, 5.41) is 112. The molecule has 7 aromatic rings. The van der Waals surface area contributed by atoms with E-state index in [1.807, 2.05) is 0 Å². The van der Waals surface area contributed by atoms with E-state index < -0.39 is 117 Å². The molecule has 0 radical (unpaired) electrons. The number of nitrogens with zero attached hydrogens (tertiary/aromatic N) is 7. The van der Waals surface area contributed by atoms with Crippen LogP contribution in [0.25, 0.3) is 21.9 Å². The SMILES string of the molecule is CC(=O)C(N=Nc1ccc(-c2ccc(N=Nc3c(S(=O)(=O)O)cc4c(N=Nc5cc(S(N)(=O)=O)ccc5[O-])c(Nc5ccccc5)ccc4c3[O-])c(C(=O)O)c2)cc1C(=O)O)C([O-])=Nc1ccc([O-])c(C(=O)O)c1.[Na+].[Na+].[Na+].[Na+]. The topological polar surface area (TPSA) is 434 Å². The largest absolute Gasteiger partial charge is 1.00 e. The van der Waals surface area contributed by atoms with Gasteiger partial charge >= 0.3 is 136 Å². The van der Waals surface area contributed by atoms with Crippen LogP contribution in [0.1, 0.15) is 38.0 Å². The van der Waals surface area contributed by atoms with Gasteiger partial charge in [0.05, 0.1) is 50.0 Å². The van der Waals surface area contributed by atoms with E-state index in [1.54, 1.807) is 30.3 Å². The third-order valence-corrected chi connectivity index (χ3v) is 12.2. The number of ketones is 1. The van der Waals surface area contributed by atoms with Gasteiger partial charge in [0.25, 0.3) is 10.1 Å². The van der Waals surface area contributed by atoms with Gasteiger partial charge in [-0.3, -0.25) is 14.3 Å². The fourth-order valence-electron chi connectivity index (χ4n) is 6.84. The number of carboxylic acids is 3. The molecule has 0 bridgehead atoms. The van der Waals surface area contributed by atoms with E-state index >= 15 is 0 Å². The molecule has 0 fully saturated rings. The van der Waals surface area contributed by atoms with Crippen LogP contribution in [0.3, 0.4) is 0 Å². The molecular weight excluding hydrogens is 1100 g/mol.